The normalized spacial score (nSPS) is 9.22. The molecule has 0 saturated carbocycles. The lowest BCUT2D eigenvalue weighted by molar-refractivity contribution is -0.126. The van der Waals surface area contributed by atoms with Gasteiger partial charge in [-0.05, 0) is 0 Å². The summed E-state index contributed by atoms with van der Waals surface area (Å²) in [7, 11) is 1.79. The molecule has 0 rings (SSSR count). The van der Waals surface area contributed by atoms with Gasteiger partial charge < -0.3 is 4.90 Å². The molecule has 0 bridgehead atoms. The average molecular weight is 259 g/mol. The van der Waals surface area contributed by atoms with Gasteiger partial charge in [0, 0.05) is 19.3 Å². The van der Waals surface area contributed by atoms with Crippen LogP contribution in [0.3, 0.4) is 0 Å². The molecule has 0 fully saturated rings. The van der Waals surface area contributed by atoms with Crippen molar-refractivity contribution < 1.29 is 4.79 Å². The molecule has 4 heteroatoms. The molecule has 0 aliphatic carbocycles. The number of hydrogen-bond donors (Lipinski definition) is 1. The molecule has 0 aromatic heterocycles. The first-order valence-electron chi connectivity index (χ1n) is 2.63. The Morgan fingerprint density at radius 2 is 2.33 bits per heavy atom. The summed E-state index contributed by atoms with van der Waals surface area (Å²) in [6.07, 6.45) is 0. The molecule has 0 aliphatic heterocycles. The largest absolute Gasteiger partial charge is 0.344 e. The van der Waals surface area contributed by atoms with Crippen LogP contribution < -0.4 is 0 Å². The molecular weight excluding hydrogens is 249 g/mol. The minimum Gasteiger partial charge on any atom is -0.344 e. The Hall–Kier alpha value is 0.550. The summed E-state index contributed by atoms with van der Waals surface area (Å²) in [5, 5.41) is 0. The number of nitrogens with zero attached hydrogens (tertiary/aromatic N) is 1. The highest BCUT2D eigenvalue weighted by Gasteiger charge is 2.02. The predicted molar refractivity (Wildman–Crippen MR) is 50.4 cm³/mol. The van der Waals surface area contributed by atoms with Crippen molar-refractivity contribution in [2.24, 2.45) is 0 Å². The summed E-state index contributed by atoms with van der Waals surface area (Å²) in [5.41, 5.74) is 0. The van der Waals surface area contributed by atoms with E-state index in [0.717, 1.165) is 12.3 Å². The van der Waals surface area contributed by atoms with Gasteiger partial charge in [-0.25, -0.2) is 0 Å². The second-order valence-electron chi connectivity index (χ2n) is 1.67. The first-order chi connectivity index (χ1) is 4.22. The van der Waals surface area contributed by atoms with Gasteiger partial charge in [0.2, 0.25) is 5.91 Å². The van der Waals surface area contributed by atoms with E-state index in [9.17, 15) is 4.79 Å². The second-order valence-corrected chi connectivity index (χ2v) is 2.88. The predicted octanol–water partition coefficient (Wildman–Crippen LogP) is 0.810. The third-order valence-corrected chi connectivity index (χ3v) is 1.83. The number of carbonyl (C=O) groups is 1. The van der Waals surface area contributed by atoms with Crippen LogP contribution in [0.15, 0.2) is 0 Å². The topological polar surface area (TPSA) is 20.3 Å². The first kappa shape index (κ1) is 9.55. The van der Waals surface area contributed by atoms with Gasteiger partial charge in [-0.3, -0.25) is 4.79 Å². The lowest BCUT2D eigenvalue weighted by atomic mass is 10.5. The van der Waals surface area contributed by atoms with Gasteiger partial charge in [-0.15, -0.1) is 0 Å². The lowest BCUT2D eigenvalue weighted by Crippen LogP contribution is -2.29. The summed E-state index contributed by atoms with van der Waals surface area (Å²) in [5.74, 6) is 0.906. The Balaban J connectivity index is 3.45. The fourth-order valence-electron chi connectivity index (χ4n) is 0.377. The molecule has 0 aromatic rings. The summed E-state index contributed by atoms with van der Waals surface area (Å²) < 4.78 is 0.558. The molecule has 54 valence electrons. The Bertz CT molecular complexity index is 99.0. The van der Waals surface area contributed by atoms with Crippen LogP contribution in [0.5, 0.6) is 0 Å². The zero-order valence-electron chi connectivity index (χ0n) is 5.30. The third kappa shape index (κ3) is 4.02. The molecule has 0 aliphatic rings. The number of carbonyl (C=O) groups excluding carboxylic acids is 1. The van der Waals surface area contributed by atoms with Gasteiger partial charge in [0.15, 0.2) is 0 Å². The van der Waals surface area contributed by atoms with E-state index in [1.54, 1.807) is 11.9 Å². The highest BCUT2D eigenvalue weighted by molar-refractivity contribution is 14.1. The third-order valence-electron chi connectivity index (χ3n) is 0.975. The van der Waals surface area contributed by atoms with Crippen LogP contribution in [-0.2, 0) is 4.79 Å². The van der Waals surface area contributed by atoms with E-state index in [1.807, 2.05) is 0 Å². The Morgan fingerprint density at radius 1 is 1.78 bits per heavy atom. The van der Waals surface area contributed by atoms with Crippen molar-refractivity contribution in [1.82, 2.24) is 4.90 Å². The molecule has 2 nitrogen and oxygen atoms in total. The molecule has 0 aromatic carbocycles. The molecule has 0 saturated heterocycles. The van der Waals surface area contributed by atoms with E-state index >= 15 is 0 Å². The fraction of sp³-hybridized carbons (Fsp3) is 0.800. The van der Waals surface area contributed by atoms with Crippen LogP contribution in [0.2, 0.25) is 0 Å². The Labute approximate surface area is 74.5 Å². The maximum Gasteiger partial charge on any atom is 0.232 e. The molecular formula is C5H10INOS. The standard InChI is InChI=1S/C5H10INOS/c1-7(2-3-9)5(8)4-6/h9H,2-4H2,1H3. The van der Waals surface area contributed by atoms with Gasteiger partial charge in [-0.2, -0.15) is 12.6 Å². The van der Waals surface area contributed by atoms with Gasteiger partial charge in [0.25, 0.3) is 0 Å². The highest BCUT2D eigenvalue weighted by atomic mass is 127. The summed E-state index contributed by atoms with van der Waals surface area (Å²) in [4.78, 5) is 12.5. The molecule has 1 amide bonds. The number of hydrogen-bond acceptors (Lipinski definition) is 2. The monoisotopic (exact) mass is 259 g/mol. The number of alkyl halides is 1. The smallest absolute Gasteiger partial charge is 0.232 e. The minimum atomic E-state index is 0.171. The summed E-state index contributed by atoms with van der Waals surface area (Å²) >= 11 is 6.05. The van der Waals surface area contributed by atoms with Crippen LogP contribution in [0.1, 0.15) is 0 Å². The van der Waals surface area contributed by atoms with Gasteiger partial charge >= 0.3 is 0 Å². The van der Waals surface area contributed by atoms with Gasteiger partial charge in [0.1, 0.15) is 0 Å². The molecule has 0 spiro atoms. The molecule has 0 radical (unpaired) electrons. The van der Waals surface area contributed by atoms with Crippen molar-refractivity contribution in [3.05, 3.63) is 0 Å². The Kier molecular flexibility index (Phi) is 5.67. The van der Waals surface area contributed by atoms with Gasteiger partial charge in [-0.1, -0.05) is 22.6 Å². The molecule has 0 atom stereocenters. The van der Waals surface area contributed by atoms with E-state index in [-0.39, 0.29) is 5.91 Å². The van der Waals surface area contributed by atoms with E-state index < -0.39 is 0 Å². The average Bonchev–Trinajstić information content (AvgIpc) is 1.87. The van der Waals surface area contributed by atoms with E-state index in [2.05, 4.69) is 35.2 Å². The van der Waals surface area contributed by atoms with Crippen LogP contribution in [-0.4, -0.2) is 34.6 Å². The van der Waals surface area contributed by atoms with Crippen molar-refractivity contribution >= 4 is 41.1 Å². The second kappa shape index (κ2) is 5.34. The fourth-order valence-corrected chi connectivity index (χ4v) is 1.26. The van der Waals surface area contributed by atoms with E-state index in [4.69, 9.17) is 0 Å². The molecule has 0 heterocycles. The maximum absolute atomic E-state index is 10.8. The number of amides is 1. The van der Waals surface area contributed by atoms with E-state index in [1.165, 1.54) is 0 Å². The molecule has 0 N–H and O–H groups in total. The Morgan fingerprint density at radius 3 is 2.67 bits per heavy atom. The molecule has 0 unspecified atom stereocenters. The SMILES string of the molecule is CN(CCS)C(=O)CI. The van der Waals surface area contributed by atoms with Crippen LogP contribution >= 0.6 is 35.2 Å². The van der Waals surface area contributed by atoms with Crippen LogP contribution in [0, 0.1) is 0 Å². The lowest BCUT2D eigenvalue weighted by Gasteiger charge is -2.13. The summed E-state index contributed by atoms with van der Waals surface area (Å²) in [6.45, 7) is 0.741. The van der Waals surface area contributed by atoms with Crippen LogP contribution in [0.4, 0.5) is 0 Å². The first-order valence-corrected chi connectivity index (χ1v) is 4.79. The zero-order chi connectivity index (χ0) is 7.28. The minimum absolute atomic E-state index is 0.171. The van der Waals surface area contributed by atoms with Crippen molar-refractivity contribution in [1.29, 1.82) is 0 Å². The number of rotatable bonds is 3. The highest BCUT2D eigenvalue weighted by Crippen LogP contribution is 1.90. The quantitative estimate of drug-likeness (QED) is 0.452. The molecule has 9 heavy (non-hydrogen) atoms. The van der Waals surface area contributed by atoms with Crippen molar-refractivity contribution in [3.8, 4) is 0 Å². The maximum atomic E-state index is 10.8. The summed E-state index contributed by atoms with van der Waals surface area (Å²) in [6, 6.07) is 0. The van der Waals surface area contributed by atoms with E-state index in [0.29, 0.717) is 4.43 Å². The number of halogens is 1. The van der Waals surface area contributed by atoms with Crippen molar-refractivity contribution in [3.63, 3.8) is 0 Å². The zero-order valence-corrected chi connectivity index (χ0v) is 8.35. The van der Waals surface area contributed by atoms with Gasteiger partial charge in [0.05, 0.1) is 4.43 Å². The van der Waals surface area contributed by atoms with Crippen molar-refractivity contribution in [2.45, 2.75) is 0 Å². The van der Waals surface area contributed by atoms with Crippen LogP contribution in [0.25, 0.3) is 0 Å². The van der Waals surface area contributed by atoms with Crippen molar-refractivity contribution in [2.75, 3.05) is 23.8 Å². The number of thiol groups is 1.